The Morgan fingerprint density at radius 3 is 1.55 bits per heavy atom. The standard InChI is InChI=1S/C23H26N2O4S2/c1-4-18-7-12-21(13-8-18)30(26,27)24-20-11-6-17(3)23(16-20)25-31(28,29)22-14-9-19(5-2)10-15-22/h6-16,24-25H,4-5H2,1-3H3. The lowest BCUT2D eigenvalue weighted by Crippen LogP contribution is -2.15. The normalized spacial score (nSPS) is 11.8. The van der Waals surface area contributed by atoms with Gasteiger partial charge in [0.2, 0.25) is 0 Å². The van der Waals surface area contributed by atoms with Crippen LogP contribution in [0.1, 0.15) is 30.5 Å². The first-order valence-electron chi connectivity index (χ1n) is 9.99. The maximum absolute atomic E-state index is 12.8. The largest absolute Gasteiger partial charge is 0.280 e. The van der Waals surface area contributed by atoms with Gasteiger partial charge < -0.3 is 0 Å². The fourth-order valence-electron chi connectivity index (χ4n) is 3.02. The zero-order chi connectivity index (χ0) is 22.6. The highest BCUT2D eigenvalue weighted by Gasteiger charge is 2.18. The molecule has 31 heavy (non-hydrogen) atoms. The first-order valence-corrected chi connectivity index (χ1v) is 13.0. The molecular formula is C23H26N2O4S2. The van der Waals surface area contributed by atoms with Crippen molar-refractivity contribution in [2.75, 3.05) is 9.44 Å². The number of aryl methyl sites for hydroxylation is 3. The van der Waals surface area contributed by atoms with Gasteiger partial charge >= 0.3 is 0 Å². The third kappa shape index (κ3) is 5.45. The number of anilines is 2. The molecule has 0 aliphatic heterocycles. The van der Waals surface area contributed by atoms with Gasteiger partial charge in [0.15, 0.2) is 0 Å². The van der Waals surface area contributed by atoms with Crippen molar-refractivity contribution < 1.29 is 16.8 Å². The summed E-state index contributed by atoms with van der Waals surface area (Å²) in [7, 11) is -7.61. The number of sulfonamides is 2. The van der Waals surface area contributed by atoms with E-state index in [1.165, 1.54) is 6.07 Å². The molecule has 3 rings (SSSR count). The Morgan fingerprint density at radius 2 is 1.10 bits per heavy atom. The second-order valence-corrected chi connectivity index (χ2v) is 10.6. The molecule has 164 valence electrons. The molecule has 0 fully saturated rings. The van der Waals surface area contributed by atoms with Crippen LogP contribution in [0, 0.1) is 6.92 Å². The SMILES string of the molecule is CCc1ccc(S(=O)(=O)Nc2ccc(C)c(NS(=O)(=O)c3ccc(CC)cc3)c2)cc1. The van der Waals surface area contributed by atoms with Crippen molar-refractivity contribution in [3.8, 4) is 0 Å². The van der Waals surface area contributed by atoms with Crippen LogP contribution in [0.2, 0.25) is 0 Å². The van der Waals surface area contributed by atoms with Gasteiger partial charge in [-0.05, 0) is 72.9 Å². The number of benzene rings is 3. The molecule has 8 heteroatoms. The van der Waals surface area contributed by atoms with Gasteiger partial charge in [-0.1, -0.05) is 44.2 Å². The topological polar surface area (TPSA) is 92.3 Å². The number of hydrogen-bond acceptors (Lipinski definition) is 4. The minimum Gasteiger partial charge on any atom is -0.280 e. The first kappa shape index (κ1) is 22.8. The van der Waals surface area contributed by atoms with Crippen molar-refractivity contribution >= 4 is 31.4 Å². The number of hydrogen-bond donors (Lipinski definition) is 2. The zero-order valence-electron chi connectivity index (χ0n) is 17.7. The van der Waals surface area contributed by atoms with E-state index in [0.29, 0.717) is 11.3 Å². The highest BCUT2D eigenvalue weighted by Crippen LogP contribution is 2.25. The van der Waals surface area contributed by atoms with Crippen LogP contribution in [0.25, 0.3) is 0 Å². The summed E-state index contributed by atoms with van der Waals surface area (Å²) in [4.78, 5) is 0.287. The highest BCUT2D eigenvalue weighted by molar-refractivity contribution is 7.93. The van der Waals surface area contributed by atoms with E-state index in [1.54, 1.807) is 67.6 Å². The Kier molecular flexibility index (Phi) is 6.71. The molecule has 3 aromatic carbocycles. The minimum atomic E-state index is -3.81. The summed E-state index contributed by atoms with van der Waals surface area (Å²) in [5.74, 6) is 0. The van der Waals surface area contributed by atoms with E-state index in [2.05, 4.69) is 9.44 Å². The van der Waals surface area contributed by atoms with Gasteiger partial charge in [0.05, 0.1) is 21.2 Å². The third-order valence-corrected chi connectivity index (χ3v) is 7.80. The molecular weight excluding hydrogens is 432 g/mol. The smallest absolute Gasteiger partial charge is 0.261 e. The molecule has 0 saturated carbocycles. The summed E-state index contributed by atoms with van der Waals surface area (Å²) < 4.78 is 56.1. The maximum atomic E-state index is 12.8. The van der Waals surface area contributed by atoms with Gasteiger partial charge in [0.25, 0.3) is 20.0 Å². The van der Waals surface area contributed by atoms with Crippen molar-refractivity contribution in [1.29, 1.82) is 0 Å². The number of rotatable bonds is 8. The molecule has 0 heterocycles. The predicted molar refractivity (Wildman–Crippen MR) is 124 cm³/mol. The molecule has 0 atom stereocenters. The van der Waals surface area contributed by atoms with Gasteiger partial charge in [0, 0.05) is 0 Å². The van der Waals surface area contributed by atoms with E-state index >= 15 is 0 Å². The molecule has 0 radical (unpaired) electrons. The average Bonchev–Trinajstić information content (AvgIpc) is 2.76. The monoisotopic (exact) mass is 458 g/mol. The maximum Gasteiger partial charge on any atom is 0.261 e. The second kappa shape index (κ2) is 9.11. The average molecular weight is 459 g/mol. The Hall–Kier alpha value is -2.84. The van der Waals surface area contributed by atoms with Crippen LogP contribution in [0.5, 0.6) is 0 Å². The zero-order valence-corrected chi connectivity index (χ0v) is 19.3. The third-order valence-electron chi connectivity index (χ3n) is 5.02. The summed E-state index contributed by atoms with van der Waals surface area (Å²) in [5, 5.41) is 0. The van der Waals surface area contributed by atoms with Gasteiger partial charge in [-0.2, -0.15) is 0 Å². The van der Waals surface area contributed by atoms with Crippen LogP contribution in [0.15, 0.2) is 76.5 Å². The molecule has 6 nitrogen and oxygen atoms in total. The van der Waals surface area contributed by atoms with E-state index in [0.717, 1.165) is 24.0 Å². The fourth-order valence-corrected chi connectivity index (χ4v) is 5.19. The summed E-state index contributed by atoms with van der Waals surface area (Å²) in [6.07, 6.45) is 1.63. The van der Waals surface area contributed by atoms with Gasteiger partial charge in [-0.25, -0.2) is 16.8 Å². The number of nitrogens with one attached hydrogen (secondary N) is 2. The Labute approximate surface area is 184 Å². The van der Waals surface area contributed by atoms with E-state index in [4.69, 9.17) is 0 Å². The molecule has 0 aromatic heterocycles. The van der Waals surface area contributed by atoms with E-state index in [1.807, 2.05) is 13.8 Å². The lowest BCUT2D eigenvalue weighted by molar-refractivity contribution is 0.599. The van der Waals surface area contributed by atoms with Gasteiger partial charge in [-0.15, -0.1) is 0 Å². The first-order chi connectivity index (χ1) is 14.6. The molecule has 0 aliphatic rings. The van der Waals surface area contributed by atoms with Crippen LogP contribution in [0.4, 0.5) is 11.4 Å². The lowest BCUT2D eigenvalue weighted by Gasteiger charge is -2.14. The molecule has 0 aliphatic carbocycles. The van der Waals surface area contributed by atoms with Gasteiger partial charge in [0.1, 0.15) is 0 Å². The molecule has 0 spiro atoms. The lowest BCUT2D eigenvalue weighted by atomic mass is 10.2. The van der Waals surface area contributed by atoms with Crippen LogP contribution >= 0.6 is 0 Å². The van der Waals surface area contributed by atoms with Crippen molar-refractivity contribution in [3.63, 3.8) is 0 Å². The quantitative estimate of drug-likeness (QED) is 0.511. The molecule has 0 amide bonds. The fraction of sp³-hybridized carbons (Fsp3) is 0.217. The summed E-state index contributed by atoms with van der Waals surface area (Å²) in [6.45, 7) is 5.74. The molecule has 0 unspecified atom stereocenters. The van der Waals surface area contributed by atoms with Crippen LogP contribution in [-0.4, -0.2) is 16.8 Å². The molecule has 3 aromatic rings. The summed E-state index contributed by atoms with van der Waals surface area (Å²) >= 11 is 0. The second-order valence-electron chi connectivity index (χ2n) is 7.24. The Bertz CT molecular complexity index is 1270. The van der Waals surface area contributed by atoms with Crippen molar-refractivity contribution in [3.05, 3.63) is 83.4 Å². The molecule has 0 bridgehead atoms. The van der Waals surface area contributed by atoms with E-state index in [-0.39, 0.29) is 15.5 Å². The van der Waals surface area contributed by atoms with Crippen molar-refractivity contribution in [2.24, 2.45) is 0 Å². The Morgan fingerprint density at radius 1 is 0.645 bits per heavy atom. The molecule has 2 N–H and O–H groups in total. The van der Waals surface area contributed by atoms with E-state index in [9.17, 15) is 16.8 Å². The predicted octanol–water partition coefficient (Wildman–Crippen LogP) is 4.72. The summed E-state index contributed by atoms with van der Waals surface area (Å²) in [5.41, 5.74) is 3.32. The summed E-state index contributed by atoms with van der Waals surface area (Å²) in [6, 6.07) is 18.1. The molecule has 0 saturated heterocycles. The van der Waals surface area contributed by atoms with Crippen molar-refractivity contribution in [2.45, 2.75) is 43.4 Å². The van der Waals surface area contributed by atoms with Crippen LogP contribution in [0.3, 0.4) is 0 Å². The van der Waals surface area contributed by atoms with Crippen LogP contribution < -0.4 is 9.44 Å². The highest BCUT2D eigenvalue weighted by atomic mass is 32.2. The van der Waals surface area contributed by atoms with E-state index < -0.39 is 20.0 Å². The minimum absolute atomic E-state index is 0.142. The Balaban J connectivity index is 1.85. The van der Waals surface area contributed by atoms with Gasteiger partial charge in [-0.3, -0.25) is 9.44 Å². The van der Waals surface area contributed by atoms with Crippen molar-refractivity contribution in [1.82, 2.24) is 0 Å². The van der Waals surface area contributed by atoms with Crippen LogP contribution in [-0.2, 0) is 32.9 Å².